The molecule has 0 unspecified atom stereocenters. The molecular weight excluding hydrogens is 382 g/mol. The summed E-state index contributed by atoms with van der Waals surface area (Å²) < 4.78 is 0. The number of imide groups is 1. The predicted molar refractivity (Wildman–Crippen MR) is 111 cm³/mol. The summed E-state index contributed by atoms with van der Waals surface area (Å²) >= 11 is 0. The molecule has 0 spiro atoms. The highest BCUT2D eigenvalue weighted by Crippen LogP contribution is 2.32. The number of carbonyl (C=O) groups is 4. The second-order valence-corrected chi connectivity index (χ2v) is 7.93. The van der Waals surface area contributed by atoms with Gasteiger partial charge in [-0.2, -0.15) is 0 Å². The number of para-hydroxylation sites is 1. The maximum absolute atomic E-state index is 13.1. The van der Waals surface area contributed by atoms with E-state index in [1.54, 1.807) is 31.2 Å². The first-order valence-electron chi connectivity index (χ1n) is 9.96. The molecule has 1 aliphatic carbocycles. The average Bonchev–Trinajstić information content (AvgIpc) is 3.26. The molecule has 154 valence electrons. The number of anilines is 1. The highest BCUT2D eigenvalue weighted by Gasteiger charge is 2.49. The molecule has 2 aromatic rings. The van der Waals surface area contributed by atoms with Gasteiger partial charge in [0.2, 0.25) is 5.91 Å². The number of benzene rings is 2. The molecule has 4 amide bonds. The number of hydrogen-bond donors (Lipinski definition) is 2. The molecule has 1 saturated heterocycles. The summed E-state index contributed by atoms with van der Waals surface area (Å²) in [6.07, 6.45) is 3.08. The van der Waals surface area contributed by atoms with Crippen LogP contribution in [0.1, 0.15) is 47.3 Å². The minimum Gasteiger partial charge on any atom is -0.324 e. The number of aryl methyl sites for hydroxylation is 2. The van der Waals surface area contributed by atoms with Crippen molar-refractivity contribution in [1.82, 2.24) is 10.2 Å². The fourth-order valence-corrected chi connectivity index (χ4v) is 4.15. The number of hydrogen-bond acceptors (Lipinski definition) is 4. The van der Waals surface area contributed by atoms with Gasteiger partial charge in [0.15, 0.2) is 5.78 Å². The molecule has 1 atom stereocenters. The minimum absolute atomic E-state index is 0.190. The number of fused-ring (bicyclic) bond motifs is 1. The second-order valence-electron chi connectivity index (χ2n) is 7.93. The summed E-state index contributed by atoms with van der Waals surface area (Å²) in [4.78, 5) is 50.8. The lowest BCUT2D eigenvalue weighted by Gasteiger charge is -2.23. The van der Waals surface area contributed by atoms with E-state index in [9.17, 15) is 19.2 Å². The van der Waals surface area contributed by atoms with E-state index in [-0.39, 0.29) is 5.78 Å². The number of rotatable bonds is 5. The Morgan fingerprint density at radius 1 is 1.10 bits per heavy atom. The number of ketones is 1. The Hall–Kier alpha value is -3.48. The van der Waals surface area contributed by atoms with Crippen LogP contribution in [0.25, 0.3) is 0 Å². The Labute approximate surface area is 174 Å². The van der Waals surface area contributed by atoms with Crippen molar-refractivity contribution in [2.45, 2.75) is 38.6 Å². The molecule has 0 bridgehead atoms. The number of amides is 4. The molecule has 2 aliphatic rings. The molecule has 2 N–H and O–H groups in total. The van der Waals surface area contributed by atoms with E-state index in [4.69, 9.17) is 0 Å². The van der Waals surface area contributed by atoms with E-state index in [0.717, 1.165) is 24.2 Å². The summed E-state index contributed by atoms with van der Waals surface area (Å²) in [5, 5.41) is 5.37. The first-order valence-corrected chi connectivity index (χ1v) is 9.96. The molecule has 0 aromatic heterocycles. The van der Waals surface area contributed by atoms with Crippen LogP contribution < -0.4 is 10.6 Å². The zero-order chi connectivity index (χ0) is 21.5. The highest BCUT2D eigenvalue weighted by atomic mass is 16.2. The van der Waals surface area contributed by atoms with Gasteiger partial charge in [0, 0.05) is 5.56 Å². The van der Waals surface area contributed by atoms with E-state index in [1.165, 1.54) is 18.1 Å². The van der Waals surface area contributed by atoms with Gasteiger partial charge in [-0.3, -0.25) is 19.3 Å². The van der Waals surface area contributed by atoms with Gasteiger partial charge < -0.3 is 10.6 Å². The van der Waals surface area contributed by atoms with Gasteiger partial charge in [-0.25, -0.2) is 4.79 Å². The fourth-order valence-electron chi connectivity index (χ4n) is 4.15. The smallest absolute Gasteiger partial charge is 0.324 e. The Bertz CT molecular complexity index is 1080. The van der Waals surface area contributed by atoms with Crippen LogP contribution in [-0.4, -0.2) is 35.1 Å². The average molecular weight is 405 g/mol. The van der Waals surface area contributed by atoms with Crippen molar-refractivity contribution in [3.63, 3.8) is 0 Å². The number of nitrogens with one attached hydrogen (secondary N) is 2. The Kier molecular flexibility index (Phi) is 4.89. The molecule has 0 saturated carbocycles. The van der Waals surface area contributed by atoms with E-state index in [0.29, 0.717) is 16.8 Å². The van der Waals surface area contributed by atoms with E-state index in [2.05, 4.69) is 10.6 Å². The molecule has 0 radical (unpaired) electrons. The SMILES string of the molecule is CC(=O)c1ccccc1NC(=O)CN1C(=O)N[C@@](C)(c2ccc3c(c2)CCC3)C1=O. The van der Waals surface area contributed by atoms with Crippen LogP contribution in [0.15, 0.2) is 42.5 Å². The first-order chi connectivity index (χ1) is 14.3. The van der Waals surface area contributed by atoms with Crippen LogP contribution in [0.3, 0.4) is 0 Å². The van der Waals surface area contributed by atoms with Crippen molar-refractivity contribution in [3.05, 3.63) is 64.7 Å². The molecule has 4 rings (SSSR count). The van der Waals surface area contributed by atoms with Crippen LogP contribution in [0.4, 0.5) is 10.5 Å². The van der Waals surface area contributed by atoms with Crippen molar-refractivity contribution in [2.24, 2.45) is 0 Å². The summed E-state index contributed by atoms with van der Waals surface area (Å²) in [5.41, 5.74) is 2.69. The third-order valence-electron chi connectivity index (χ3n) is 5.83. The lowest BCUT2D eigenvalue weighted by Crippen LogP contribution is -2.42. The van der Waals surface area contributed by atoms with Crippen molar-refractivity contribution in [3.8, 4) is 0 Å². The predicted octanol–water partition coefficient (Wildman–Crippen LogP) is 2.78. The topological polar surface area (TPSA) is 95.6 Å². The van der Waals surface area contributed by atoms with Gasteiger partial charge in [0.25, 0.3) is 5.91 Å². The molecule has 7 nitrogen and oxygen atoms in total. The highest BCUT2D eigenvalue weighted by molar-refractivity contribution is 6.11. The fraction of sp³-hybridized carbons (Fsp3) is 0.304. The maximum atomic E-state index is 13.1. The van der Waals surface area contributed by atoms with Crippen LogP contribution in [0.2, 0.25) is 0 Å². The van der Waals surface area contributed by atoms with Gasteiger partial charge in [0.1, 0.15) is 12.1 Å². The lowest BCUT2D eigenvalue weighted by atomic mass is 9.89. The minimum atomic E-state index is -1.22. The molecule has 30 heavy (non-hydrogen) atoms. The van der Waals surface area contributed by atoms with E-state index in [1.807, 2.05) is 18.2 Å². The van der Waals surface area contributed by atoms with Gasteiger partial charge in [-0.05, 0) is 61.9 Å². The summed E-state index contributed by atoms with van der Waals surface area (Å²) in [7, 11) is 0. The van der Waals surface area contributed by atoms with Crippen molar-refractivity contribution in [2.75, 3.05) is 11.9 Å². The Morgan fingerprint density at radius 2 is 1.83 bits per heavy atom. The summed E-state index contributed by atoms with van der Waals surface area (Å²) in [6.45, 7) is 2.63. The normalized spacial score (nSPS) is 20.1. The van der Waals surface area contributed by atoms with Crippen LogP contribution in [0, 0.1) is 0 Å². The van der Waals surface area contributed by atoms with Crippen molar-refractivity contribution in [1.29, 1.82) is 0 Å². The number of carbonyl (C=O) groups excluding carboxylic acids is 4. The van der Waals surface area contributed by atoms with Crippen LogP contribution in [-0.2, 0) is 28.0 Å². The summed E-state index contributed by atoms with van der Waals surface area (Å²) in [5.74, 6) is -1.21. The van der Waals surface area contributed by atoms with Crippen LogP contribution in [0.5, 0.6) is 0 Å². The molecule has 2 aromatic carbocycles. The number of nitrogens with zero attached hydrogens (tertiary/aromatic N) is 1. The van der Waals surface area contributed by atoms with E-state index < -0.39 is 29.9 Å². The standard InChI is InChI=1S/C23H23N3O4/c1-14(27)18-8-3-4-9-19(18)24-20(28)13-26-21(29)23(2,25-22(26)30)17-11-10-15-6-5-7-16(15)12-17/h3-4,8-12H,5-7,13H2,1-2H3,(H,24,28)(H,25,30)/t23-/m0/s1. The molecular formula is C23H23N3O4. The maximum Gasteiger partial charge on any atom is 0.325 e. The zero-order valence-corrected chi connectivity index (χ0v) is 17.0. The summed E-state index contributed by atoms with van der Waals surface area (Å²) in [6, 6.07) is 11.9. The Balaban J connectivity index is 1.52. The van der Waals surface area contributed by atoms with Crippen LogP contribution >= 0.6 is 0 Å². The molecule has 1 aliphatic heterocycles. The van der Waals surface area contributed by atoms with Gasteiger partial charge in [-0.1, -0.05) is 30.3 Å². The molecule has 1 fully saturated rings. The van der Waals surface area contributed by atoms with Gasteiger partial charge in [-0.15, -0.1) is 0 Å². The third-order valence-corrected chi connectivity index (χ3v) is 5.83. The monoisotopic (exact) mass is 405 g/mol. The second kappa shape index (κ2) is 7.40. The van der Waals surface area contributed by atoms with Gasteiger partial charge >= 0.3 is 6.03 Å². The zero-order valence-electron chi connectivity index (χ0n) is 17.0. The first kappa shape index (κ1) is 19.8. The quantitative estimate of drug-likeness (QED) is 0.591. The third kappa shape index (κ3) is 3.36. The van der Waals surface area contributed by atoms with E-state index >= 15 is 0 Å². The molecule has 1 heterocycles. The van der Waals surface area contributed by atoms with Crippen molar-refractivity contribution < 1.29 is 19.2 Å². The van der Waals surface area contributed by atoms with Crippen molar-refractivity contribution >= 4 is 29.3 Å². The lowest BCUT2D eigenvalue weighted by molar-refractivity contribution is -0.133. The largest absolute Gasteiger partial charge is 0.325 e. The number of Topliss-reactive ketones (excluding diaryl/α,β-unsaturated/α-hetero) is 1. The number of urea groups is 1. The molecule has 7 heteroatoms. The Morgan fingerprint density at radius 3 is 2.60 bits per heavy atom. The van der Waals surface area contributed by atoms with Gasteiger partial charge in [0.05, 0.1) is 5.69 Å².